The summed E-state index contributed by atoms with van der Waals surface area (Å²) >= 11 is 0. The third-order valence-electron chi connectivity index (χ3n) is 18.8. The highest BCUT2D eigenvalue weighted by molar-refractivity contribution is 7.20. The summed E-state index contributed by atoms with van der Waals surface area (Å²) in [6, 6.07) is 125. The largest absolute Gasteiger partial charge is 0.179 e. The van der Waals surface area contributed by atoms with E-state index in [9.17, 15) is 0 Å². The number of hydrogen-bond donors (Lipinski definition) is 0. The molecule has 0 bridgehead atoms. The standard InChI is InChI=1S/C82H54Si2/c1-9-27-55(28-10-1)76-75-54-73-66-50-49-65(84(61-37-19-6-20-38-61,62-39-21-7-22-40-62)63-41-23-8-24-42-63)53-72(66)68-44-26-45-69(78(68)73)80(75)77(56-29-11-2-12-30-56)82-74-51-57-47-48-64(52-71(57)67-43-25-46-70(79(67)74)81(76)82)83(58-31-13-3-14-32-58,59-33-15-4-16-34-59)60-35-17-5-18-36-60/h1-54H. The first-order valence-corrected chi connectivity index (χ1v) is 33.4. The maximum Gasteiger partial charge on any atom is 0.179 e. The molecule has 0 aliphatic rings. The molecule has 0 heterocycles. The molecular formula is C82H54Si2. The third kappa shape index (κ3) is 6.93. The molecule has 0 fully saturated rings. The van der Waals surface area contributed by atoms with E-state index in [1.54, 1.807) is 0 Å². The Kier molecular flexibility index (Phi) is 11.1. The molecule has 0 saturated carbocycles. The van der Waals surface area contributed by atoms with Crippen molar-refractivity contribution in [3.63, 3.8) is 0 Å². The number of hydrogen-bond acceptors (Lipinski definition) is 0. The van der Waals surface area contributed by atoms with Gasteiger partial charge in [-0.05, 0) is 162 Å². The molecule has 0 spiro atoms. The number of benzene rings is 15. The Balaban J connectivity index is 1.00. The Morgan fingerprint density at radius 1 is 0.155 bits per heavy atom. The molecule has 0 saturated heterocycles. The Morgan fingerprint density at radius 3 is 0.976 bits per heavy atom. The van der Waals surface area contributed by atoms with E-state index in [-0.39, 0.29) is 0 Å². The van der Waals surface area contributed by atoms with Gasteiger partial charge in [-0.25, -0.2) is 0 Å². The van der Waals surface area contributed by atoms with Crippen LogP contribution in [0, 0.1) is 0 Å². The van der Waals surface area contributed by atoms with Gasteiger partial charge in [-0.2, -0.15) is 0 Å². The molecular weight excluding hydrogens is 1040 g/mol. The second-order valence-corrected chi connectivity index (χ2v) is 30.5. The van der Waals surface area contributed by atoms with Crippen molar-refractivity contribution in [1.82, 2.24) is 0 Å². The highest BCUT2D eigenvalue weighted by atomic mass is 28.3. The molecule has 0 unspecified atom stereocenters. The van der Waals surface area contributed by atoms with E-state index in [2.05, 4.69) is 328 Å². The van der Waals surface area contributed by atoms with Gasteiger partial charge >= 0.3 is 0 Å². The van der Waals surface area contributed by atoms with Crippen molar-refractivity contribution < 1.29 is 0 Å². The van der Waals surface area contributed by atoms with Crippen LogP contribution in [0.2, 0.25) is 0 Å². The molecule has 17 rings (SSSR count). The molecule has 0 radical (unpaired) electrons. The molecule has 0 nitrogen and oxygen atoms in total. The van der Waals surface area contributed by atoms with Crippen LogP contribution >= 0.6 is 0 Å². The minimum Gasteiger partial charge on any atom is -0.0623 e. The minimum absolute atomic E-state index is 1.22. The molecule has 0 aliphatic carbocycles. The van der Waals surface area contributed by atoms with Crippen LogP contribution in [0.15, 0.2) is 328 Å². The van der Waals surface area contributed by atoms with Gasteiger partial charge in [0.2, 0.25) is 0 Å². The molecule has 0 aliphatic heterocycles. The van der Waals surface area contributed by atoms with Crippen LogP contribution in [0.5, 0.6) is 0 Å². The predicted octanol–water partition coefficient (Wildman–Crippen LogP) is 15.9. The molecule has 0 atom stereocenters. The molecule has 84 heavy (non-hydrogen) atoms. The van der Waals surface area contributed by atoms with Gasteiger partial charge < -0.3 is 0 Å². The number of rotatable bonds is 10. The molecule has 0 amide bonds. The summed E-state index contributed by atoms with van der Waals surface area (Å²) < 4.78 is 0. The Labute approximate surface area is 490 Å². The van der Waals surface area contributed by atoms with Gasteiger partial charge in [0.05, 0.1) is 0 Å². The smallest absolute Gasteiger partial charge is 0.0623 e. The molecule has 2 heteroatoms. The zero-order valence-electron chi connectivity index (χ0n) is 46.2. The van der Waals surface area contributed by atoms with Crippen LogP contribution in [0.3, 0.4) is 0 Å². The lowest BCUT2D eigenvalue weighted by molar-refractivity contribution is 1.67. The highest BCUT2D eigenvalue weighted by Crippen LogP contribution is 2.55. The Hall–Kier alpha value is -10.2. The minimum atomic E-state index is -2.83. The highest BCUT2D eigenvalue weighted by Gasteiger charge is 2.43. The zero-order valence-corrected chi connectivity index (χ0v) is 48.2. The molecule has 0 aromatic heterocycles. The normalized spacial score (nSPS) is 12.3. The average Bonchev–Trinajstić information content (AvgIpc) is 1.53. The fourth-order valence-corrected chi connectivity index (χ4v) is 25.0. The maximum atomic E-state index is 2.59. The van der Waals surface area contributed by atoms with Crippen molar-refractivity contribution in [3.8, 4) is 22.3 Å². The van der Waals surface area contributed by atoms with Gasteiger partial charge in [0.1, 0.15) is 0 Å². The first-order valence-electron chi connectivity index (χ1n) is 29.4. The lowest BCUT2D eigenvalue weighted by Crippen LogP contribution is -2.74. The van der Waals surface area contributed by atoms with Crippen molar-refractivity contribution in [2.75, 3.05) is 0 Å². The fourth-order valence-electron chi connectivity index (χ4n) is 15.4. The predicted molar refractivity (Wildman–Crippen MR) is 367 cm³/mol. The third-order valence-corrected chi connectivity index (χ3v) is 28.3. The summed E-state index contributed by atoms with van der Waals surface area (Å²) in [5, 5.41) is 31.8. The first-order chi connectivity index (χ1) is 41.7. The quantitative estimate of drug-likeness (QED) is 0.0727. The Morgan fingerprint density at radius 2 is 0.512 bits per heavy atom. The van der Waals surface area contributed by atoms with Crippen molar-refractivity contribution >= 4 is 144 Å². The summed E-state index contributed by atoms with van der Waals surface area (Å²) in [7, 11) is -5.66. The Bertz CT molecular complexity index is 4980. The first kappa shape index (κ1) is 48.5. The van der Waals surface area contributed by atoms with Crippen LogP contribution in [0.25, 0.3) is 108 Å². The van der Waals surface area contributed by atoms with Crippen molar-refractivity contribution in [2.45, 2.75) is 0 Å². The van der Waals surface area contributed by atoms with E-state index in [1.807, 2.05) is 0 Å². The summed E-state index contributed by atoms with van der Waals surface area (Å²) in [5.41, 5.74) is 5.03. The van der Waals surface area contributed by atoms with Gasteiger partial charge in [0, 0.05) is 0 Å². The zero-order chi connectivity index (χ0) is 55.3. The van der Waals surface area contributed by atoms with E-state index in [0.717, 1.165) is 0 Å². The van der Waals surface area contributed by atoms with Crippen LogP contribution in [0.4, 0.5) is 0 Å². The van der Waals surface area contributed by atoms with Crippen molar-refractivity contribution in [3.05, 3.63) is 328 Å². The lowest BCUT2D eigenvalue weighted by Gasteiger charge is -2.34. The van der Waals surface area contributed by atoms with Gasteiger partial charge in [0.15, 0.2) is 16.1 Å². The fraction of sp³-hybridized carbons (Fsp3) is 0. The lowest BCUT2D eigenvalue weighted by atomic mass is 9.84. The summed E-state index contributed by atoms with van der Waals surface area (Å²) in [6.45, 7) is 0. The van der Waals surface area contributed by atoms with Gasteiger partial charge in [0.25, 0.3) is 0 Å². The average molecular weight is 1100 g/mol. The van der Waals surface area contributed by atoms with Crippen LogP contribution in [-0.4, -0.2) is 16.1 Å². The van der Waals surface area contributed by atoms with Crippen LogP contribution in [-0.2, 0) is 0 Å². The van der Waals surface area contributed by atoms with Gasteiger partial charge in [-0.1, -0.05) is 315 Å². The maximum absolute atomic E-state index is 2.83. The van der Waals surface area contributed by atoms with Crippen LogP contribution in [0.1, 0.15) is 0 Å². The second kappa shape index (κ2) is 19.2. The van der Waals surface area contributed by atoms with E-state index in [0.29, 0.717) is 0 Å². The molecule has 0 N–H and O–H groups in total. The van der Waals surface area contributed by atoms with E-state index >= 15 is 0 Å². The molecule has 390 valence electrons. The summed E-state index contributed by atoms with van der Waals surface area (Å²) in [4.78, 5) is 0. The van der Waals surface area contributed by atoms with Gasteiger partial charge in [-0.3, -0.25) is 0 Å². The van der Waals surface area contributed by atoms with E-state index < -0.39 is 16.1 Å². The number of fused-ring (bicyclic) bond motifs is 10. The van der Waals surface area contributed by atoms with Gasteiger partial charge in [-0.15, -0.1) is 0 Å². The molecule has 17 aromatic carbocycles. The van der Waals surface area contributed by atoms with Crippen molar-refractivity contribution in [2.24, 2.45) is 0 Å². The van der Waals surface area contributed by atoms with E-state index in [4.69, 9.17) is 0 Å². The monoisotopic (exact) mass is 1090 g/mol. The second-order valence-electron chi connectivity index (χ2n) is 22.9. The topological polar surface area (TPSA) is 0 Å². The van der Waals surface area contributed by atoms with E-state index in [1.165, 1.54) is 150 Å². The molecule has 17 aromatic rings. The van der Waals surface area contributed by atoms with Crippen molar-refractivity contribution in [1.29, 1.82) is 0 Å². The summed E-state index contributed by atoms with van der Waals surface area (Å²) in [5.74, 6) is 0. The van der Waals surface area contributed by atoms with Crippen LogP contribution < -0.4 is 41.5 Å². The summed E-state index contributed by atoms with van der Waals surface area (Å²) in [6.07, 6.45) is 0. The SMILES string of the molecule is c1ccc(-c2c3cc4c5ccc([Si](c6ccccc6)(c6ccccc6)c6ccccc6)cc5c5cccc(c3c(-c3ccccc3)c3c6cc7ccc([Si](c8ccccc8)(c8ccccc8)c8ccccc8)cc7c7cccc(c23)c76)c54)cc1.